The number of carbonyl (C=O) groups excluding carboxylic acids is 1. The predicted molar refractivity (Wildman–Crippen MR) is 76.6 cm³/mol. The Morgan fingerprint density at radius 3 is 2.65 bits per heavy atom. The van der Waals surface area contributed by atoms with Crippen molar-refractivity contribution in [3.8, 4) is 5.75 Å². The second kappa shape index (κ2) is 5.63. The third kappa shape index (κ3) is 2.92. The van der Waals surface area contributed by atoms with Crippen molar-refractivity contribution in [2.45, 2.75) is 37.7 Å². The Hall–Kier alpha value is -1.24. The van der Waals surface area contributed by atoms with Gasteiger partial charge < -0.3 is 14.0 Å². The number of benzene rings is 1. The molecule has 0 radical (unpaired) electrons. The van der Waals surface area contributed by atoms with Crippen LogP contribution in [0.5, 0.6) is 5.75 Å². The van der Waals surface area contributed by atoms with Crippen molar-refractivity contribution < 1.29 is 18.8 Å². The molecule has 1 N–H and O–H groups in total. The van der Waals surface area contributed by atoms with E-state index in [0.717, 1.165) is 5.56 Å². The van der Waals surface area contributed by atoms with Gasteiger partial charge in [-0.3, -0.25) is 0 Å². The molecule has 0 bridgehead atoms. The lowest BCUT2D eigenvalue weighted by Gasteiger charge is -2.27. The van der Waals surface area contributed by atoms with Crippen LogP contribution in [0.25, 0.3) is 0 Å². The molecular weight excluding hydrogens is 278 g/mol. The van der Waals surface area contributed by atoms with Gasteiger partial charge in [0.15, 0.2) is 0 Å². The summed E-state index contributed by atoms with van der Waals surface area (Å²) in [5.41, 5.74) is 0.820. The standard InChI is InChI=1S/C14H19NO4S/c1-14(2,3)20(17)15-11-9-7-5-6-8-10(9)19-12(11)13(16)18-4/h5-8,11-12,15H,1-4H3/t11-,12+,20+/m1/s1. The van der Waals surface area contributed by atoms with E-state index in [4.69, 9.17) is 9.47 Å². The zero-order chi connectivity index (χ0) is 14.9. The first-order valence-corrected chi connectivity index (χ1v) is 7.51. The second-order valence-corrected chi connectivity index (χ2v) is 7.57. The molecule has 0 aromatic heterocycles. The maximum absolute atomic E-state index is 12.3. The van der Waals surface area contributed by atoms with Gasteiger partial charge in [0, 0.05) is 16.9 Å². The monoisotopic (exact) mass is 297 g/mol. The van der Waals surface area contributed by atoms with Gasteiger partial charge in [-0.05, 0) is 26.8 Å². The number of carbonyl (C=O) groups is 1. The summed E-state index contributed by atoms with van der Waals surface area (Å²) in [4.78, 5) is 11.8. The average molecular weight is 297 g/mol. The van der Waals surface area contributed by atoms with Gasteiger partial charge in [-0.25, -0.2) is 4.79 Å². The number of rotatable bonds is 3. The smallest absolute Gasteiger partial charge is 0.349 e. The second-order valence-electron chi connectivity index (χ2n) is 5.58. The summed E-state index contributed by atoms with van der Waals surface area (Å²) in [6.45, 7) is 5.60. The molecule has 0 aliphatic carbocycles. The molecule has 0 unspecified atom stereocenters. The molecule has 1 aliphatic heterocycles. The van der Waals surface area contributed by atoms with E-state index in [1.54, 1.807) is 6.07 Å². The first-order chi connectivity index (χ1) is 9.34. The van der Waals surface area contributed by atoms with Crippen LogP contribution in [0.15, 0.2) is 24.3 Å². The molecular formula is C14H19NO4S. The molecule has 110 valence electrons. The van der Waals surface area contributed by atoms with E-state index in [0.29, 0.717) is 5.75 Å². The summed E-state index contributed by atoms with van der Waals surface area (Å²) in [6, 6.07) is 6.86. The van der Waals surface area contributed by atoms with Crippen LogP contribution in [-0.4, -0.2) is 28.5 Å². The van der Waals surface area contributed by atoms with Gasteiger partial charge in [0.25, 0.3) is 0 Å². The zero-order valence-corrected chi connectivity index (χ0v) is 12.8. The first-order valence-electron chi connectivity index (χ1n) is 6.36. The fraction of sp³-hybridized carbons (Fsp3) is 0.500. The summed E-state index contributed by atoms with van der Waals surface area (Å²) in [5, 5.41) is 0. The number of hydrogen-bond acceptors (Lipinski definition) is 5. The third-order valence-electron chi connectivity index (χ3n) is 3.03. The Balaban J connectivity index is 2.27. The Bertz CT molecular complexity index is 500. The fourth-order valence-electron chi connectivity index (χ4n) is 1.93. The molecule has 0 saturated carbocycles. The van der Waals surface area contributed by atoms with Gasteiger partial charge in [0.05, 0.1) is 7.11 Å². The summed E-state index contributed by atoms with van der Waals surface area (Å²) < 4.78 is 25.2. The largest absolute Gasteiger partial charge is 0.598 e. The molecule has 1 aromatic carbocycles. The Kier molecular flexibility index (Phi) is 4.27. The maximum atomic E-state index is 12.3. The Morgan fingerprint density at radius 1 is 1.40 bits per heavy atom. The third-order valence-corrected chi connectivity index (χ3v) is 4.61. The highest BCUT2D eigenvalue weighted by atomic mass is 32.2. The van der Waals surface area contributed by atoms with Crippen LogP contribution < -0.4 is 9.46 Å². The number of methoxy groups -OCH3 is 1. The highest BCUT2D eigenvalue weighted by Gasteiger charge is 2.44. The van der Waals surface area contributed by atoms with E-state index < -0.39 is 34.2 Å². The first kappa shape index (κ1) is 15.2. The summed E-state index contributed by atoms with van der Waals surface area (Å²) >= 11 is -1.31. The molecule has 1 aromatic rings. The fourth-order valence-corrected chi connectivity index (χ4v) is 2.77. The average Bonchev–Trinajstić information content (AvgIpc) is 2.76. The van der Waals surface area contributed by atoms with Gasteiger partial charge in [0.1, 0.15) is 16.5 Å². The number of hydrogen-bond donors (Lipinski definition) is 1. The van der Waals surface area contributed by atoms with Gasteiger partial charge in [-0.15, -0.1) is 4.72 Å². The minimum atomic E-state index is -1.31. The van der Waals surface area contributed by atoms with E-state index in [-0.39, 0.29) is 0 Å². The molecule has 0 spiro atoms. The van der Waals surface area contributed by atoms with Crippen LogP contribution in [0.2, 0.25) is 0 Å². The molecule has 2 rings (SSSR count). The van der Waals surface area contributed by atoms with Crippen LogP contribution in [0.3, 0.4) is 0 Å². The Labute approximate surface area is 122 Å². The molecule has 6 heteroatoms. The highest BCUT2D eigenvalue weighted by Crippen LogP contribution is 2.38. The van der Waals surface area contributed by atoms with E-state index in [1.807, 2.05) is 39.0 Å². The molecule has 0 amide bonds. The molecule has 3 atom stereocenters. The molecule has 5 nitrogen and oxygen atoms in total. The number of para-hydroxylation sites is 1. The van der Waals surface area contributed by atoms with Crippen molar-refractivity contribution >= 4 is 17.3 Å². The van der Waals surface area contributed by atoms with E-state index in [1.165, 1.54) is 7.11 Å². The van der Waals surface area contributed by atoms with Gasteiger partial charge >= 0.3 is 5.97 Å². The number of esters is 1. The SMILES string of the molecule is COC(=O)[C@H]1Oc2ccccc2[C@H]1N[S@@+]([O-])C(C)(C)C. The van der Waals surface area contributed by atoms with E-state index in [9.17, 15) is 9.35 Å². The summed E-state index contributed by atoms with van der Waals surface area (Å²) in [6.07, 6.45) is -0.816. The zero-order valence-electron chi connectivity index (χ0n) is 12.0. The van der Waals surface area contributed by atoms with Gasteiger partial charge in [0.2, 0.25) is 6.10 Å². The quantitative estimate of drug-likeness (QED) is 0.679. The lowest BCUT2D eigenvalue weighted by molar-refractivity contribution is -0.149. The number of ether oxygens (including phenoxy) is 2. The normalized spacial score (nSPS) is 22.9. The van der Waals surface area contributed by atoms with Crippen LogP contribution in [0.1, 0.15) is 32.4 Å². The van der Waals surface area contributed by atoms with E-state index >= 15 is 0 Å². The molecule has 20 heavy (non-hydrogen) atoms. The lowest BCUT2D eigenvalue weighted by Crippen LogP contribution is -2.46. The Morgan fingerprint density at radius 2 is 2.05 bits per heavy atom. The van der Waals surface area contributed by atoms with Gasteiger partial charge in [-0.1, -0.05) is 18.2 Å². The van der Waals surface area contributed by atoms with Crippen molar-refractivity contribution in [1.29, 1.82) is 0 Å². The highest BCUT2D eigenvalue weighted by molar-refractivity contribution is 7.90. The van der Waals surface area contributed by atoms with Gasteiger partial charge in [-0.2, -0.15) is 0 Å². The molecule has 0 saturated heterocycles. The van der Waals surface area contributed by atoms with Crippen molar-refractivity contribution in [2.75, 3.05) is 7.11 Å². The molecule has 0 fully saturated rings. The summed E-state index contributed by atoms with van der Waals surface area (Å²) in [7, 11) is 1.31. The molecule has 1 heterocycles. The van der Waals surface area contributed by atoms with Crippen molar-refractivity contribution in [3.63, 3.8) is 0 Å². The van der Waals surface area contributed by atoms with Crippen LogP contribution in [0, 0.1) is 0 Å². The topological polar surface area (TPSA) is 70.6 Å². The van der Waals surface area contributed by atoms with Crippen LogP contribution in [0.4, 0.5) is 0 Å². The van der Waals surface area contributed by atoms with Crippen molar-refractivity contribution in [3.05, 3.63) is 29.8 Å². The number of nitrogens with one attached hydrogen (secondary N) is 1. The van der Waals surface area contributed by atoms with Crippen molar-refractivity contribution in [1.82, 2.24) is 4.72 Å². The maximum Gasteiger partial charge on any atom is 0.349 e. The van der Waals surface area contributed by atoms with Crippen molar-refractivity contribution in [2.24, 2.45) is 0 Å². The van der Waals surface area contributed by atoms with E-state index in [2.05, 4.69) is 4.72 Å². The molecule has 1 aliphatic rings. The minimum absolute atomic E-state index is 0.432. The predicted octanol–water partition coefficient (Wildman–Crippen LogP) is 1.71. The minimum Gasteiger partial charge on any atom is -0.598 e. The summed E-state index contributed by atoms with van der Waals surface area (Å²) in [5.74, 6) is 0.135. The number of fused-ring (bicyclic) bond motifs is 1. The van der Waals surface area contributed by atoms with Crippen LogP contribution in [-0.2, 0) is 20.9 Å². The lowest BCUT2D eigenvalue weighted by atomic mass is 10.1. The van der Waals surface area contributed by atoms with Crippen LogP contribution >= 0.6 is 0 Å².